The average molecular weight is 469 g/mol. The zero-order chi connectivity index (χ0) is 23.8. The number of halogens is 1. The molecule has 174 valence electrons. The maximum Gasteiger partial charge on any atom is 0.266 e. The lowest BCUT2D eigenvalue weighted by Crippen LogP contribution is -2.56. The fraction of sp³-hybridized carbons (Fsp3) is 0.417. The summed E-state index contributed by atoms with van der Waals surface area (Å²) >= 11 is 5.95. The van der Waals surface area contributed by atoms with Gasteiger partial charge in [0.25, 0.3) is 5.91 Å². The van der Waals surface area contributed by atoms with Crippen LogP contribution >= 0.6 is 11.6 Å². The summed E-state index contributed by atoms with van der Waals surface area (Å²) in [4.78, 5) is 26.4. The highest BCUT2D eigenvalue weighted by Crippen LogP contribution is 2.24. The third-order valence-corrected chi connectivity index (χ3v) is 5.88. The molecule has 4 rings (SSSR count). The average Bonchev–Trinajstić information content (AvgIpc) is 3.12. The second-order valence-electron chi connectivity index (χ2n) is 8.82. The van der Waals surface area contributed by atoms with E-state index in [-0.39, 0.29) is 5.91 Å². The lowest BCUT2D eigenvalue weighted by atomic mass is 10.1. The largest absolute Gasteiger partial charge is 0.478 e. The van der Waals surface area contributed by atoms with Gasteiger partial charge in [0.15, 0.2) is 11.4 Å². The normalized spacial score (nSPS) is 14.5. The first-order valence-corrected chi connectivity index (χ1v) is 11.4. The van der Waals surface area contributed by atoms with E-state index in [4.69, 9.17) is 16.3 Å². The molecule has 0 spiro atoms. The maximum absolute atomic E-state index is 13.2. The van der Waals surface area contributed by atoms with Gasteiger partial charge >= 0.3 is 0 Å². The van der Waals surface area contributed by atoms with Crippen molar-refractivity contribution in [2.75, 3.05) is 31.1 Å². The molecule has 1 aliphatic heterocycles. The number of aryl methyl sites for hydroxylation is 3. The summed E-state index contributed by atoms with van der Waals surface area (Å²) in [6.45, 7) is 12.0. The van der Waals surface area contributed by atoms with Gasteiger partial charge in [-0.3, -0.25) is 4.79 Å². The zero-order valence-corrected chi connectivity index (χ0v) is 20.4. The SMILES string of the molecule is Cc1cc(C)n(-c2cc(N3CCN(C(=O)C(C)(C)Oc4ccc(Cl)cc4)CC3)nc(C)n2)n1. The lowest BCUT2D eigenvalue weighted by Gasteiger charge is -2.39. The molecule has 3 heterocycles. The highest BCUT2D eigenvalue weighted by molar-refractivity contribution is 6.30. The number of nitrogens with zero attached hydrogens (tertiary/aromatic N) is 6. The van der Waals surface area contributed by atoms with Crippen molar-refractivity contribution in [3.8, 4) is 11.6 Å². The van der Waals surface area contributed by atoms with Crippen LogP contribution in [0.1, 0.15) is 31.1 Å². The molecule has 1 amide bonds. The molecule has 1 aromatic carbocycles. The molecule has 0 aliphatic carbocycles. The Kier molecular flexibility index (Phi) is 6.30. The van der Waals surface area contributed by atoms with Crippen molar-refractivity contribution in [3.63, 3.8) is 0 Å². The number of hydrogen-bond acceptors (Lipinski definition) is 6. The second-order valence-corrected chi connectivity index (χ2v) is 9.25. The van der Waals surface area contributed by atoms with Gasteiger partial charge in [-0.15, -0.1) is 0 Å². The summed E-state index contributed by atoms with van der Waals surface area (Å²) < 4.78 is 7.82. The van der Waals surface area contributed by atoms with Crippen molar-refractivity contribution in [2.45, 2.75) is 40.2 Å². The predicted molar refractivity (Wildman–Crippen MR) is 128 cm³/mol. The van der Waals surface area contributed by atoms with E-state index >= 15 is 0 Å². The summed E-state index contributed by atoms with van der Waals surface area (Å²) in [6.07, 6.45) is 0. The van der Waals surface area contributed by atoms with Gasteiger partial charge in [-0.1, -0.05) is 11.6 Å². The molecule has 0 unspecified atom stereocenters. The summed E-state index contributed by atoms with van der Waals surface area (Å²) in [5, 5.41) is 5.17. The van der Waals surface area contributed by atoms with Crippen LogP contribution in [0.3, 0.4) is 0 Å². The topological polar surface area (TPSA) is 76.4 Å². The van der Waals surface area contributed by atoms with Crippen LogP contribution in [0.25, 0.3) is 5.82 Å². The van der Waals surface area contributed by atoms with Gasteiger partial charge in [-0.05, 0) is 65.0 Å². The van der Waals surface area contributed by atoms with Crippen molar-refractivity contribution in [1.29, 1.82) is 0 Å². The molecule has 3 aromatic rings. The first-order valence-electron chi connectivity index (χ1n) is 11.0. The Balaban J connectivity index is 1.44. The molecule has 0 N–H and O–H groups in total. The minimum absolute atomic E-state index is 0.0423. The lowest BCUT2D eigenvalue weighted by molar-refractivity contribution is -0.145. The minimum atomic E-state index is -0.982. The Morgan fingerprint density at radius 3 is 2.21 bits per heavy atom. The number of rotatable bonds is 5. The van der Waals surface area contributed by atoms with Gasteiger partial charge in [0.1, 0.15) is 17.4 Å². The van der Waals surface area contributed by atoms with Crippen LogP contribution < -0.4 is 9.64 Å². The number of benzene rings is 1. The fourth-order valence-corrected chi connectivity index (χ4v) is 4.15. The predicted octanol–water partition coefficient (Wildman–Crippen LogP) is 3.75. The van der Waals surface area contributed by atoms with Crippen LogP contribution in [-0.2, 0) is 4.79 Å². The Morgan fingerprint density at radius 2 is 1.61 bits per heavy atom. The summed E-state index contributed by atoms with van der Waals surface area (Å²) in [5.41, 5.74) is 0.986. The van der Waals surface area contributed by atoms with E-state index in [9.17, 15) is 4.79 Å². The number of piperazine rings is 1. The molecule has 33 heavy (non-hydrogen) atoms. The highest BCUT2D eigenvalue weighted by atomic mass is 35.5. The fourth-order valence-electron chi connectivity index (χ4n) is 4.03. The Hall–Kier alpha value is -3.13. The summed E-state index contributed by atoms with van der Waals surface area (Å²) in [5.74, 6) is 2.85. The van der Waals surface area contributed by atoms with Crippen LogP contribution in [0.4, 0.5) is 5.82 Å². The van der Waals surface area contributed by atoms with Gasteiger partial charge in [-0.25, -0.2) is 14.6 Å². The zero-order valence-electron chi connectivity index (χ0n) is 19.7. The van der Waals surface area contributed by atoms with E-state index in [2.05, 4.69) is 20.0 Å². The number of ether oxygens (including phenoxy) is 1. The molecule has 0 bridgehead atoms. The first-order chi connectivity index (χ1) is 15.6. The molecule has 1 fully saturated rings. The molecule has 2 aromatic heterocycles. The Bertz CT molecular complexity index is 1150. The number of amides is 1. The summed E-state index contributed by atoms with van der Waals surface area (Å²) in [7, 11) is 0. The minimum Gasteiger partial charge on any atom is -0.478 e. The molecule has 8 nitrogen and oxygen atoms in total. The number of carbonyl (C=O) groups is 1. The molecule has 0 saturated carbocycles. The Labute approximate surface area is 199 Å². The van der Waals surface area contributed by atoms with Crippen molar-refractivity contribution in [3.05, 3.63) is 58.6 Å². The number of carbonyl (C=O) groups excluding carboxylic acids is 1. The smallest absolute Gasteiger partial charge is 0.266 e. The third kappa shape index (κ3) is 5.11. The van der Waals surface area contributed by atoms with E-state index in [1.807, 2.05) is 42.5 Å². The molecule has 1 saturated heterocycles. The van der Waals surface area contributed by atoms with Crippen LogP contribution in [0, 0.1) is 20.8 Å². The molecular weight excluding hydrogens is 440 g/mol. The highest BCUT2D eigenvalue weighted by Gasteiger charge is 2.36. The van der Waals surface area contributed by atoms with Crippen molar-refractivity contribution in [2.24, 2.45) is 0 Å². The second kappa shape index (κ2) is 9.02. The molecule has 9 heteroatoms. The van der Waals surface area contributed by atoms with Crippen LogP contribution in [0.15, 0.2) is 36.4 Å². The molecule has 1 aliphatic rings. The molecule has 0 radical (unpaired) electrons. The van der Waals surface area contributed by atoms with Crippen LogP contribution in [0.5, 0.6) is 5.75 Å². The maximum atomic E-state index is 13.2. The monoisotopic (exact) mass is 468 g/mol. The number of hydrogen-bond donors (Lipinski definition) is 0. The van der Waals surface area contributed by atoms with E-state index in [0.29, 0.717) is 42.8 Å². The third-order valence-electron chi connectivity index (χ3n) is 5.63. The summed E-state index contributed by atoms with van der Waals surface area (Å²) in [6, 6.07) is 11.0. The Morgan fingerprint density at radius 1 is 0.970 bits per heavy atom. The van der Waals surface area contributed by atoms with Crippen molar-refractivity contribution >= 4 is 23.3 Å². The first kappa shape index (κ1) is 23.0. The molecule has 0 atom stereocenters. The van der Waals surface area contributed by atoms with Gasteiger partial charge in [0.05, 0.1) is 5.69 Å². The van der Waals surface area contributed by atoms with Crippen LogP contribution in [-0.4, -0.2) is 62.3 Å². The van der Waals surface area contributed by atoms with Gasteiger partial charge < -0.3 is 14.5 Å². The molecular formula is C24H29ClN6O2. The van der Waals surface area contributed by atoms with E-state index < -0.39 is 5.60 Å². The van der Waals surface area contributed by atoms with E-state index in [1.165, 1.54) is 0 Å². The van der Waals surface area contributed by atoms with E-state index in [1.54, 1.807) is 38.1 Å². The number of aromatic nitrogens is 4. The quantitative estimate of drug-likeness (QED) is 0.567. The van der Waals surface area contributed by atoms with E-state index in [0.717, 1.165) is 23.0 Å². The number of anilines is 1. The van der Waals surface area contributed by atoms with Gasteiger partial charge in [-0.2, -0.15) is 5.10 Å². The van der Waals surface area contributed by atoms with Crippen LogP contribution in [0.2, 0.25) is 5.02 Å². The van der Waals surface area contributed by atoms with Gasteiger partial charge in [0, 0.05) is 43.0 Å². The van der Waals surface area contributed by atoms with Gasteiger partial charge in [0.2, 0.25) is 0 Å². The van der Waals surface area contributed by atoms with Crippen molar-refractivity contribution < 1.29 is 9.53 Å². The van der Waals surface area contributed by atoms with Crippen molar-refractivity contribution in [1.82, 2.24) is 24.6 Å². The standard InChI is InChI=1S/C24H29ClN6O2/c1-16-14-17(2)31(28-16)22-15-21(26-18(3)27-22)29-10-12-30(13-11-29)23(32)24(4,5)33-20-8-6-19(25)7-9-20/h6-9,14-15H,10-13H2,1-5H3.